The molecule has 0 saturated heterocycles. The average molecular weight is 299 g/mol. The van der Waals surface area contributed by atoms with Crippen LogP contribution in [0.2, 0.25) is 0 Å². The topological polar surface area (TPSA) is 58.6 Å². The molecule has 2 rings (SSSR count). The van der Waals surface area contributed by atoms with Gasteiger partial charge in [0.1, 0.15) is 11.4 Å². The summed E-state index contributed by atoms with van der Waals surface area (Å²) in [6, 6.07) is 14.6. The van der Waals surface area contributed by atoms with E-state index in [2.05, 4.69) is 5.32 Å². The third-order valence-corrected chi connectivity index (χ3v) is 2.98. The van der Waals surface area contributed by atoms with E-state index in [1.165, 1.54) is 0 Å². The summed E-state index contributed by atoms with van der Waals surface area (Å²) in [5.41, 5.74) is 2.23. The number of para-hydroxylation sites is 1. The molecule has 0 atom stereocenters. The Labute approximate surface area is 130 Å². The zero-order valence-corrected chi connectivity index (χ0v) is 13.1. The lowest BCUT2D eigenvalue weighted by Gasteiger charge is -2.20. The highest BCUT2D eigenvalue weighted by Crippen LogP contribution is 2.21. The van der Waals surface area contributed by atoms with Gasteiger partial charge in [0, 0.05) is 5.69 Å². The molecule has 0 fully saturated rings. The van der Waals surface area contributed by atoms with Crippen molar-refractivity contribution in [1.29, 1.82) is 0 Å². The predicted octanol–water partition coefficient (Wildman–Crippen LogP) is 4.33. The molecule has 0 saturated carbocycles. The molecule has 0 unspecified atom stereocenters. The Bertz CT molecular complexity index is 642. The van der Waals surface area contributed by atoms with Crippen molar-refractivity contribution < 1.29 is 14.6 Å². The summed E-state index contributed by atoms with van der Waals surface area (Å²) in [6.45, 7) is 5.48. The van der Waals surface area contributed by atoms with Gasteiger partial charge < -0.3 is 9.84 Å². The molecule has 116 valence electrons. The fourth-order valence-electron chi connectivity index (χ4n) is 2.04. The molecule has 4 heteroatoms. The Kier molecular flexibility index (Phi) is 4.71. The largest absolute Gasteiger partial charge is 0.508 e. The summed E-state index contributed by atoms with van der Waals surface area (Å²) >= 11 is 0. The van der Waals surface area contributed by atoms with Crippen molar-refractivity contribution in [3.63, 3.8) is 0 Å². The van der Waals surface area contributed by atoms with Crippen LogP contribution in [0.5, 0.6) is 5.75 Å². The van der Waals surface area contributed by atoms with Crippen LogP contribution in [0.3, 0.4) is 0 Å². The summed E-state index contributed by atoms with van der Waals surface area (Å²) in [6.07, 6.45) is 0.192. The summed E-state index contributed by atoms with van der Waals surface area (Å²) in [5.74, 6) is 0.240. The van der Waals surface area contributed by atoms with Crippen molar-refractivity contribution in [3.05, 3.63) is 59.7 Å². The van der Waals surface area contributed by atoms with E-state index in [-0.39, 0.29) is 5.75 Å². The molecule has 0 heterocycles. The molecule has 22 heavy (non-hydrogen) atoms. The molecular formula is C18H21NO3. The van der Waals surface area contributed by atoms with Crippen molar-refractivity contribution in [2.75, 3.05) is 5.32 Å². The number of aromatic hydroxyl groups is 1. The van der Waals surface area contributed by atoms with Gasteiger partial charge in [0.2, 0.25) is 0 Å². The lowest BCUT2D eigenvalue weighted by Crippen LogP contribution is -2.27. The maximum Gasteiger partial charge on any atom is 0.412 e. The highest BCUT2D eigenvalue weighted by Gasteiger charge is 2.17. The molecule has 0 radical (unpaired) electrons. The van der Waals surface area contributed by atoms with Gasteiger partial charge in [-0.25, -0.2) is 4.79 Å². The number of carbonyl (C=O) groups is 1. The van der Waals surface area contributed by atoms with Gasteiger partial charge in [-0.1, -0.05) is 30.3 Å². The lowest BCUT2D eigenvalue weighted by molar-refractivity contribution is 0.0636. The molecule has 4 nitrogen and oxygen atoms in total. The van der Waals surface area contributed by atoms with Crippen molar-refractivity contribution in [2.45, 2.75) is 32.8 Å². The minimum Gasteiger partial charge on any atom is -0.508 e. The van der Waals surface area contributed by atoms with Crippen molar-refractivity contribution in [3.8, 4) is 5.75 Å². The average Bonchev–Trinajstić information content (AvgIpc) is 2.41. The number of carbonyl (C=O) groups excluding carboxylic acids is 1. The Morgan fingerprint density at radius 1 is 1.09 bits per heavy atom. The van der Waals surface area contributed by atoms with Crippen molar-refractivity contribution in [2.24, 2.45) is 0 Å². The van der Waals surface area contributed by atoms with Crippen LogP contribution in [0.25, 0.3) is 0 Å². The number of phenolic OH excluding ortho intramolecular Hbond substituents is 1. The Hall–Kier alpha value is -2.49. The molecule has 0 aliphatic rings. The quantitative estimate of drug-likeness (QED) is 0.887. The first kappa shape index (κ1) is 15.9. The molecule has 0 spiro atoms. The number of benzene rings is 2. The van der Waals surface area contributed by atoms with Crippen LogP contribution in [-0.4, -0.2) is 16.8 Å². The number of hydrogen-bond acceptors (Lipinski definition) is 3. The van der Waals surface area contributed by atoms with E-state index < -0.39 is 11.7 Å². The standard InChI is InChI=1S/C18H21NO3/c1-18(2,3)22-17(21)19-16-7-5-4-6-14(16)12-13-8-10-15(20)11-9-13/h4-11,20H,12H2,1-3H3,(H,19,21). The minimum atomic E-state index is -0.532. The van der Waals surface area contributed by atoms with Gasteiger partial charge in [-0.2, -0.15) is 0 Å². The normalized spacial score (nSPS) is 11.0. The van der Waals surface area contributed by atoms with Crippen LogP contribution in [-0.2, 0) is 11.2 Å². The van der Waals surface area contributed by atoms with E-state index in [0.29, 0.717) is 6.42 Å². The van der Waals surface area contributed by atoms with Gasteiger partial charge in [0.15, 0.2) is 0 Å². The van der Waals surface area contributed by atoms with E-state index in [4.69, 9.17) is 4.74 Å². The molecule has 2 N–H and O–H groups in total. The highest BCUT2D eigenvalue weighted by atomic mass is 16.6. The maximum absolute atomic E-state index is 11.9. The third kappa shape index (κ3) is 4.81. The van der Waals surface area contributed by atoms with Gasteiger partial charge in [-0.3, -0.25) is 5.32 Å². The molecule has 0 aliphatic heterocycles. The third-order valence-electron chi connectivity index (χ3n) is 2.98. The van der Waals surface area contributed by atoms with E-state index in [9.17, 15) is 9.90 Å². The van der Waals surface area contributed by atoms with Gasteiger partial charge >= 0.3 is 6.09 Å². The van der Waals surface area contributed by atoms with Gasteiger partial charge in [-0.15, -0.1) is 0 Å². The zero-order chi connectivity index (χ0) is 16.2. The van der Waals surface area contributed by atoms with Gasteiger partial charge in [0.25, 0.3) is 0 Å². The van der Waals surface area contributed by atoms with Gasteiger partial charge in [-0.05, 0) is 56.5 Å². The van der Waals surface area contributed by atoms with Gasteiger partial charge in [0.05, 0.1) is 0 Å². The maximum atomic E-state index is 11.9. The Morgan fingerprint density at radius 2 is 1.73 bits per heavy atom. The van der Waals surface area contributed by atoms with E-state index >= 15 is 0 Å². The van der Waals surface area contributed by atoms with Crippen molar-refractivity contribution in [1.82, 2.24) is 0 Å². The predicted molar refractivity (Wildman–Crippen MR) is 87.2 cm³/mol. The molecule has 2 aromatic carbocycles. The van der Waals surface area contributed by atoms with E-state index in [1.54, 1.807) is 12.1 Å². The number of nitrogens with one attached hydrogen (secondary N) is 1. The first-order chi connectivity index (χ1) is 10.3. The van der Waals surface area contributed by atoms with Crippen molar-refractivity contribution >= 4 is 11.8 Å². The monoisotopic (exact) mass is 299 g/mol. The molecule has 1 amide bonds. The first-order valence-corrected chi connectivity index (χ1v) is 7.19. The molecule has 0 aromatic heterocycles. The number of hydrogen-bond donors (Lipinski definition) is 2. The summed E-state index contributed by atoms with van der Waals surface area (Å²) in [4.78, 5) is 11.9. The zero-order valence-electron chi connectivity index (χ0n) is 13.1. The second kappa shape index (κ2) is 6.52. The smallest absolute Gasteiger partial charge is 0.412 e. The molecule has 0 aliphatic carbocycles. The van der Waals surface area contributed by atoms with Crippen LogP contribution in [0.4, 0.5) is 10.5 Å². The molecular weight excluding hydrogens is 278 g/mol. The minimum absolute atomic E-state index is 0.240. The second-order valence-corrected chi connectivity index (χ2v) is 6.13. The number of amides is 1. The fraction of sp³-hybridized carbons (Fsp3) is 0.278. The first-order valence-electron chi connectivity index (χ1n) is 7.19. The van der Waals surface area contributed by atoms with E-state index in [0.717, 1.165) is 16.8 Å². The highest BCUT2D eigenvalue weighted by molar-refractivity contribution is 5.86. The van der Waals surface area contributed by atoms with Crippen LogP contribution in [0.1, 0.15) is 31.9 Å². The summed E-state index contributed by atoms with van der Waals surface area (Å²) in [5, 5.41) is 12.1. The van der Waals surface area contributed by atoms with Crippen LogP contribution in [0.15, 0.2) is 48.5 Å². The Morgan fingerprint density at radius 3 is 2.36 bits per heavy atom. The fourth-order valence-corrected chi connectivity index (χ4v) is 2.04. The second-order valence-electron chi connectivity index (χ2n) is 6.13. The Balaban J connectivity index is 2.13. The van der Waals surface area contributed by atoms with Crippen LogP contribution < -0.4 is 5.32 Å². The summed E-state index contributed by atoms with van der Waals surface area (Å²) in [7, 11) is 0. The lowest BCUT2D eigenvalue weighted by atomic mass is 10.0. The molecule has 2 aromatic rings. The number of rotatable bonds is 3. The SMILES string of the molecule is CC(C)(C)OC(=O)Nc1ccccc1Cc1ccc(O)cc1. The molecule has 0 bridgehead atoms. The van der Waals surface area contributed by atoms with Crippen LogP contribution in [0, 0.1) is 0 Å². The van der Waals surface area contributed by atoms with E-state index in [1.807, 2.05) is 57.2 Å². The summed E-state index contributed by atoms with van der Waals surface area (Å²) < 4.78 is 5.28. The number of ether oxygens (including phenoxy) is 1. The number of phenols is 1. The number of anilines is 1. The van der Waals surface area contributed by atoms with Crippen LogP contribution >= 0.6 is 0 Å².